The molecule has 0 atom stereocenters. The van der Waals surface area contributed by atoms with Crippen molar-refractivity contribution in [2.24, 2.45) is 0 Å². The van der Waals surface area contributed by atoms with Gasteiger partial charge in [-0.15, -0.1) is 0 Å². The van der Waals surface area contributed by atoms with E-state index in [1.165, 1.54) is 0 Å². The minimum atomic E-state index is 0. The fourth-order valence-corrected chi connectivity index (χ4v) is 0. The third kappa shape index (κ3) is 69.5. The van der Waals surface area contributed by atoms with Crippen LogP contribution in [-0.2, 0) is 0 Å². The molecule has 0 radical (unpaired) electrons. The fourth-order valence-electron chi connectivity index (χ4n) is 0. The van der Waals surface area contributed by atoms with Gasteiger partial charge in [-0.1, -0.05) is 0 Å². The number of hydrogen-bond acceptors (Lipinski definition) is 0. The summed E-state index contributed by atoms with van der Waals surface area (Å²) in [6.45, 7) is 6.48. The SMILES string of the molecule is CC(C)(C)[SeH].[H-].[Li+]. The van der Waals surface area contributed by atoms with Crippen LogP contribution in [0.5, 0.6) is 0 Å². The zero-order valence-electron chi connectivity index (χ0n) is 5.95. The molecular weight excluding hydrogens is 134 g/mol. The van der Waals surface area contributed by atoms with E-state index in [9.17, 15) is 0 Å². The summed E-state index contributed by atoms with van der Waals surface area (Å²) in [5.74, 6) is 0. The van der Waals surface area contributed by atoms with Gasteiger partial charge in [0.2, 0.25) is 0 Å². The minimum absolute atomic E-state index is 0. The zero-order chi connectivity index (χ0) is 4.50. The van der Waals surface area contributed by atoms with Crippen LogP contribution in [0.4, 0.5) is 0 Å². The van der Waals surface area contributed by atoms with Crippen LogP contribution in [0.2, 0.25) is 4.31 Å². The Labute approximate surface area is 61.6 Å². The van der Waals surface area contributed by atoms with Crippen molar-refractivity contribution >= 4 is 16.0 Å². The van der Waals surface area contributed by atoms with Gasteiger partial charge in [-0.3, -0.25) is 0 Å². The molecule has 0 saturated heterocycles. The normalized spacial score (nSPS) is 10.0. The van der Waals surface area contributed by atoms with Crippen LogP contribution in [0.25, 0.3) is 0 Å². The van der Waals surface area contributed by atoms with Crippen molar-refractivity contribution in [3.05, 3.63) is 0 Å². The molecule has 0 rings (SSSR count). The molecular formula is C4H11LiSe. The van der Waals surface area contributed by atoms with Crippen LogP contribution >= 0.6 is 0 Å². The van der Waals surface area contributed by atoms with Crippen LogP contribution in [0.15, 0.2) is 0 Å². The van der Waals surface area contributed by atoms with E-state index in [1.54, 1.807) is 0 Å². The van der Waals surface area contributed by atoms with Crippen LogP contribution in [0.1, 0.15) is 22.2 Å². The molecule has 0 spiro atoms. The van der Waals surface area contributed by atoms with Crippen molar-refractivity contribution in [1.82, 2.24) is 0 Å². The Kier molecular flexibility index (Phi) is 5.36. The van der Waals surface area contributed by atoms with E-state index in [4.69, 9.17) is 0 Å². The summed E-state index contributed by atoms with van der Waals surface area (Å²) in [6, 6.07) is 0. The summed E-state index contributed by atoms with van der Waals surface area (Å²) in [6.07, 6.45) is 0. The molecule has 0 aliphatic rings. The average molecular weight is 145 g/mol. The average Bonchev–Trinajstić information content (AvgIpc) is 0.722. The molecule has 0 heterocycles. The smallest absolute Gasteiger partial charge is 1.00 e. The maximum absolute atomic E-state index is 2.58. The zero-order valence-corrected chi connectivity index (χ0v) is 6.82. The molecule has 2 heteroatoms. The van der Waals surface area contributed by atoms with Crippen molar-refractivity contribution in [3.63, 3.8) is 0 Å². The first-order valence-corrected chi connectivity index (χ1v) is 2.66. The molecule has 0 nitrogen and oxygen atoms in total. The molecule has 0 aliphatic heterocycles. The van der Waals surface area contributed by atoms with E-state index in [0.29, 0.717) is 4.31 Å². The Balaban J connectivity index is -0.0000000800. The Morgan fingerprint density at radius 2 is 1.33 bits per heavy atom. The molecule has 0 N–H and O–H groups in total. The van der Waals surface area contributed by atoms with Gasteiger partial charge in [0.1, 0.15) is 0 Å². The van der Waals surface area contributed by atoms with Gasteiger partial charge in [0.15, 0.2) is 0 Å². The topological polar surface area (TPSA) is 0 Å². The van der Waals surface area contributed by atoms with Crippen molar-refractivity contribution in [2.75, 3.05) is 0 Å². The van der Waals surface area contributed by atoms with Crippen molar-refractivity contribution in [1.29, 1.82) is 0 Å². The summed E-state index contributed by atoms with van der Waals surface area (Å²) < 4.78 is 0.438. The van der Waals surface area contributed by atoms with E-state index < -0.39 is 0 Å². The van der Waals surface area contributed by atoms with Gasteiger partial charge in [-0.2, -0.15) is 0 Å². The van der Waals surface area contributed by atoms with Crippen LogP contribution in [0.3, 0.4) is 0 Å². The fraction of sp³-hybridized carbons (Fsp3) is 1.00. The van der Waals surface area contributed by atoms with Gasteiger partial charge < -0.3 is 1.43 Å². The van der Waals surface area contributed by atoms with E-state index in [0.717, 1.165) is 0 Å². The van der Waals surface area contributed by atoms with Crippen molar-refractivity contribution < 1.29 is 20.3 Å². The molecule has 0 bridgehead atoms. The van der Waals surface area contributed by atoms with Crippen LogP contribution < -0.4 is 18.9 Å². The number of rotatable bonds is 0. The van der Waals surface area contributed by atoms with Gasteiger partial charge in [0.05, 0.1) is 0 Å². The first-order valence-electron chi connectivity index (χ1n) is 1.72. The van der Waals surface area contributed by atoms with Crippen molar-refractivity contribution in [3.8, 4) is 0 Å². The summed E-state index contributed by atoms with van der Waals surface area (Å²) in [5, 5.41) is 0. The molecule has 0 fully saturated rings. The Morgan fingerprint density at radius 1 is 1.33 bits per heavy atom. The molecule has 0 aromatic rings. The predicted molar refractivity (Wildman–Crippen MR) is 28.0 cm³/mol. The number of hydrogen-bond donors (Lipinski definition) is 0. The molecule has 34 valence electrons. The monoisotopic (exact) mass is 146 g/mol. The van der Waals surface area contributed by atoms with E-state index >= 15 is 0 Å². The standard InChI is InChI=1S/C4H10Se.Li.H/c1-4(2,3)5;;/h5H,1-3H3;;/q;+1;-1. The van der Waals surface area contributed by atoms with E-state index in [1.807, 2.05) is 0 Å². The van der Waals surface area contributed by atoms with Gasteiger partial charge in [-0.25, -0.2) is 0 Å². The summed E-state index contributed by atoms with van der Waals surface area (Å²) >= 11 is 2.58. The first-order chi connectivity index (χ1) is 2.00. The minimum Gasteiger partial charge on any atom is -1.00 e. The third-order valence-electron chi connectivity index (χ3n) is 0. The van der Waals surface area contributed by atoms with Gasteiger partial charge in [0.25, 0.3) is 0 Å². The summed E-state index contributed by atoms with van der Waals surface area (Å²) in [5.41, 5.74) is 0. The molecule has 6 heavy (non-hydrogen) atoms. The summed E-state index contributed by atoms with van der Waals surface area (Å²) in [4.78, 5) is 0. The third-order valence-corrected chi connectivity index (χ3v) is 0. The van der Waals surface area contributed by atoms with Gasteiger partial charge >= 0.3 is 60.0 Å². The predicted octanol–water partition coefficient (Wildman–Crippen LogP) is -1.78. The first kappa shape index (κ1) is 10.2. The molecule has 0 aromatic carbocycles. The quantitative estimate of drug-likeness (QED) is 0.353. The second-order valence-electron chi connectivity index (χ2n) is 2.17. The van der Waals surface area contributed by atoms with E-state index in [2.05, 4.69) is 36.8 Å². The maximum atomic E-state index is 2.58. The molecule has 0 saturated carbocycles. The largest absolute Gasteiger partial charge is 1.00 e. The molecule has 0 aromatic heterocycles. The second-order valence-corrected chi connectivity index (χ2v) is 4.99. The molecule has 0 unspecified atom stereocenters. The van der Waals surface area contributed by atoms with E-state index in [-0.39, 0.29) is 20.3 Å². The van der Waals surface area contributed by atoms with Gasteiger partial charge in [-0.05, 0) is 0 Å². The molecule has 0 aliphatic carbocycles. The van der Waals surface area contributed by atoms with Crippen molar-refractivity contribution in [2.45, 2.75) is 25.1 Å². The Morgan fingerprint density at radius 3 is 1.33 bits per heavy atom. The maximum Gasteiger partial charge on any atom is 1.00 e. The van der Waals surface area contributed by atoms with Gasteiger partial charge in [0, 0.05) is 0 Å². The van der Waals surface area contributed by atoms with Crippen LogP contribution in [0, 0.1) is 0 Å². The Hall–Kier alpha value is 1.12. The Bertz CT molecular complexity index is 27.2. The molecule has 0 amide bonds. The summed E-state index contributed by atoms with van der Waals surface area (Å²) in [7, 11) is 0. The van der Waals surface area contributed by atoms with Crippen LogP contribution in [-0.4, -0.2) is 16.0 Å². The second kappa shape index (κ2) is 3.16.